The van der Waals surface area contributed by atoms with Crippen molar-refractivity contribution < 1.29 is 14.3 Å². The molecule has 6 nitrogen and oxygen atoms in total. The molecule has 4 rings (SSSR count). The third-order valence-corrected chi connectivity index (χ3v) is 6.22. The largest absolute Gasteiger partial charge is 0.375 e. The Labute approximate surface area is 178 Å². The summed E-state index contributed by atoms with van der Waals surface area (Å²) in [6.45, 7) is 3.41. The van der Waals surface area contributed by atoms with Gasteiger partial charge in [0.25, 0.3) is 0 Å². The van der Waals surface area contributed by atoms with Gasteiger partial charge in [0.2, 0.25) is 5.91 Å². The molecule has 30 heavy (non-hydrogen) atoms. The minimum atomic E-state index is -0.303. The maximum Gasteiger partial charge on any atom is 0.246 e. The Hall–Kier alpha value is -2.28. The number of nitrogens with one attached hydrogen (secondary N) is 1. The van der Waals surface area contributed by atoms with Gasteiger partial charge in [-0.2, -0.15) is 0 Å². The molecular formula is C24H31N3O3. The summed E-state index contributed by atoms with van der Waals surface area (Å²) in [4.78, 5) is 18.8. The SMILES string of the molecule is COCC(=O)NC1CCCCC12CN(Cc1cccc(-c3ccncc3)c1)CCO2. The Kier molecular flexibility index (Phi) is 6.77. The van der Waals surface area contributed by atoms with E-state index < -0.39 is 0 Å². The van der Waals surface area contributed by atoms with Gasteiger partial charge in [0.1, 0.15) is 12.2 Å². The number of rotatable bonds is 6. The number of methoxy groups -OCH3 is 1. The van der Waals surface area contributed by atoms with Crippen molar-refractivity contribution in [2.24, 2.45) is 0 Å². The third-order valence-electron chi connectivity index (χ3n) is 6.22. The molecule has 2 aliphatic rings. The number of nitrogens with zero attached hydrogens (tertiary/aromatic N) is 2. The second-order valence-corrected chi connectivity index (χ2v) is 8.36. The van der Waals surface area contributed by atoms with Gasteiger partial charge < -0.3 is 14.8 Å². The maximum absolute atomic E-state index is 12.2. The van der Waals surface area contributed by atoms with Crippen molar-refractivity contribution in [3.8, 4) is 11.1 Å². The molecule has 2 heterocycles. The molecule has 1 saturated carbocycles. The van der Waals surface area contributed by atoms with Crippen molar-refractivity contribution in [3.63, 3.8) is 0 Å². The molecule has 1 aromatic carbocycles. The number of aromatic nitrogens is 1. The average Bonchev–Trinajstić information content (AvgIpc) is 2.77. The average molecular weight is 410 g/mol. The lowest BCUT2D eigenvalue weighted by Gasteiger charge is -2.49. The minimum Gasteiger partial charge on any atom is -0.375 e. The van der Waals surface area contributed by atoms with E-state index in [1.165, 1.54) is 16.7 Å². The maximum atomic E-state index is 12.2. The number of amides is 1. The molecule has 160 valence electrons. The Morgan fingerprint density at radius 3 is 2.97 bits per heavy atom. The first-order valence-corrected chi connectivity index (χ1v) is 10.8. The van der Waals surface area contributed by atoms with Gasteiger partial charge in [-0.25, -0.2) is 0 Å². The van der Waals surface area contributed by atoms with Crippen LogP contribution < -0.4 is 5.32 Å². The monoisotopic (exact) mass is 409 g/mol. The van der Waals surface area contributed by atoms with Crippen LogP contribution in [-0.4, -0.2) is 60.8 Å². The van der Waals surface area contributed by atoms with Crippen LogP contribution in [0.15, 0.2) is 48.8 Å². The number of carbonyl (C=O) groups excluding carboxylic acids is 1. The molecule has 2 aromatic rings. The molecule has 1 aliphatic heterocycles. The van der Waals surface area contributed by atoms with Gasteiger partial charge in [0.15, 0.2) is 0 Å². The van der Waals surface area contributed by atoms with Crippen molar-refractivity contribution in [1.29, 1.82) is 0 Å². The number of carbonyl (C=O) groups is 1. The summed E-state index contributed by atoms with van der Waals surface area (Å²) >= 11 is 0. The fourth-order valence-corrected chi connectivity index (χ4v) is 4.81. The molecule has 2 fully saturated rings. The van der Waals surface area contributed by atoms with Gasteiger partial charge in [-0.05, 0) is 47.7 Å². The highest BCUT2D eigenvalue weighted by molar-refractivity contribution is 5.77. The molecule has 1 aliphatic carbocycles. The first-order chi connectivity index (χ1) is 14.7. The molecule has 0 radical (unpaired) electrons. The Bertz CT molecular complexity index is 841. The van der Waals surface area contributed by atoms with E-state index in [4.69, 9.17) is 9.47 Å². The van der Waals surface area contributed by atoms with E-state index in [2.05, 4.69) is 39.5 Å². The first-order valence-electron chi connectivity index (χ1n) is 10.8. The highest BCUT2D eigenvalue weighted by atomic mass is 16.5. The number of hydrogen-bond acceptors (Lipinski definition) is 5. The lowest BCUT2D eigenvalue weighted by molar-refractivity contribution is -0.152. The van der Waals surface area contributed by atoms with Crippen LogP contribution in [0.2, 0.25) is 0 Å². The summed E-state index contributed by atoms with van der Waals surface area (Å²) in [5, 5.41) is 3.17. The normalized spacial score (nSPS) is 24.6. The molecule has 1 N–H and O–H groups in total. The van der Waals surface area contributed by atoms with Crippen molar-refractivity contribution >= 4 is 5.91 Å². The Morgan fingerprint density at radius 1 is 1.27 bits per heavy atom. The van der Waals surface area contributed by atoms with Crippen molar-refractivity contribution in [2.45, 2.75) is 43.9 Å². The van der Waals surface area contributed by atoms with Gasteiger partial charge in [-0.15, -0.1) is 0 Å². The zero-order chi connectivity index (χ0) is 20.8. The topological polar surface area (TPSA) is 63.7 Å². The first kappa shape index (κ1) is 21.0. The zero-order valence-corrected chi connectivity index (χ0v) is 17.7. The highest BCUT2D eigenvalue weighted by Gasteiger charge is 2.45. The van der Waals surface area contributed by atoms with Crippen molar-refractivity contribution in [2.75, 3.05) is 33.4 Å². The summed E-state index contributed by atoms with van der Waals surface area (Å²) in [6.07, 6.45) is 7.86. The zero-order valence-electron chi connectivity index (χ0n) is 17.7. The van der Waals surface area contributed by atoms with E-state index >= 15 is 0 Å². The van der Waals surface area contributed by atoms with Gasteiger partial charge in [-0.3, -0.25) is 14.7 Å². The number of pyridine rings is 1. The summed E-state index contributed by atoms with van der Waals surface area (Å²) in [7, 11) is 1.55. The number of hydrogen-bond donors (Lipinski definition) is 1. The number of benzene rings is 1. The number of ether oxygens (including phenoxy) is 2. The molecule has 2 unspecified atom stereocenters. The molecule has 1 aromatic heterocycles. The van der Waals surface area contributed by atoms with Crippen molar-refractivity contribution in [1.82, 2.24) is 15.2 Å². The van der Waals surface area contributed by atoms with Crippen LogP contribution in [0.5, 0.6) is 0 Å². The van der Waals surface area contributed by atoms with E-state index in [1.807, 2.05) is 24.5 Å². The molecule has 1 amide bonds. The number of morpholine rings is 1. The molecule has 1 saturated heterocycles. The van der Waals surface area contributed by atoms with Crippen LogP contribution in [0.3, 0.4) is 0 Å². The third kappa shape index (κ3) is 4.89. The van der Waals surface area contributed by atoms with Crippen LogP contribution in [0.4, 0.5) is 0 Å². The summed E-state index contributed by atoms with van der Waals surface area (Å²) in [5.74, 6) is -0.0606. The smallest absolute Gasteiger partial charge is 0.246 e. The van der Waals surface area contributed by atoms with Crippen LogP contribution >= 0.6 is 0 Å². The lowest BCUT2D eigenvalue weighted by Crippen LogP contribution is -2.64. The van der Waals surface area contributed by atoms with Gasteiger partial charge in [0, 0.05) is 39.1 Å². The van der Waals surface area contributed by atoms with E-state index in [0.29, 0.717) is 6.61 Å². The van der Waals surface area contributed by atoms with Gasteiger partial charge in [-0.1, -0.05) is 31.0 Å². The van der Waals surface area contributed by atoms with Gasteiger partial charge >= 0.3 is 0 Å². The van der Waals surface area contributed by atoms with Crippen LogP contribution in [0.25, 0.3) is 11.1 Å². The van der Waals surface area contributed by atoms with Crippen LogP contribution in [-0.2, 0) is 20.8 Å². The standard InChI is InChI=1S/C24H31N3O3/c1-29-17-23(28)26-22-7-2-3-10-24(22)18-27(13-14-30-24)16-19-5-4-6-21(15-19)20-8-11-25-12-9-20/h4-6,8-9,11-12,15,22H,2-3,7,10,13-14,16-18H2,1H3,(H,26,28). The minimum absolute atomic E-state index is 0.0415. The van der Waals surface area contributed by atoms with Crippen molar-refractivity contribution in [3.05, 3.63) is 54.4 Å². The predicted octanol–water partition coefficient (Wildman–Crippen LogP) is 3.02. The summed E-state index contributed by atoms with van der Waals surface area (Å²) in [5.41, 5.74) is 3.37. The van der Waals surface area contributed by atoms with Crippen LogP contribution in [0.1, 0.15) is 31.2 Å². The van der Waals surface area contributed by atoms with E-state index in [0.717, 1.165) is 45.3 Å². The second kappa shape index (κ2) is 9.69. The summed E-state index contributed by atoms with van der Waals surface area (Å²) in [6, 6.07) is 12.8. The molecular weight excluding hydrogens is 378 g/mol. The highest BCUT2D eigenvalue weighted by Crippen LogP contribution is 2.35. The lowest BCUT2D eigenvalue weighted by atomic mass is 9.78. The van der Waals surface area contributed by atoms with Gasteiger partial charge in [0.05, 0.1) is 12.6 Å². The quantitative estimate of drug-likeness (QED) is 0.795. The van der Waals surface area contributed by atoms with E-state index in [1.54, 1.807) is 7.11 Å². The summed E-state index contributed by atoms with van der Waals surface area (Å²) < 4.78 is 11.4. The Balaban J connectivity index is 1.46. The molecule has 2 atom stereocenters. The predicted molar refractivity (Wildman–Crippen MR) is 116 cm³/mol. The van der Waals surface area contributed by atoms with E-state index in [9.17, 15) is 4.79 Å². The second-order valence-electron chi connectivity index (χ2n) is 8.36. The fourth-order valence-electron chi connectivity index (χ4n) is 4.81. The van der Waals surface area contributed by atoms with E-state index in [-0.39, 0.29) is 24.2 Å². The Morgan fingerprint density at radius 2 is 2.13 bits per heavy atom. The molecule has 0 bridgehead atoms. The molecule has 6 heteroatoms. The van der Waals surface area contributed by atoms with Crippen LogP contribution in [0, 0.1) is 0 Å². The molecule has 1 spiro atoms. The fraction of sp³-hybridized carbons (Fsp3) is 0.500.